The second-order valence-corrected chi connectivity index (χ2v) is 7.82. The minimum atomic E-state index is -3.52. The first-order valence-electron chi connectivity index (χ1n) is 6.22. The number of rotatable bonds is 5. The molecule has 0 aliphatic rings. The van der Waals surface area contributed by atoms with Crippen LogP contribution in [-0.4, -0.2) is 29.7 Å². The van der Waals surface area contributed by atoms with Crippen LogP contribution in [-0.2, 0) is 17.1 Å². The summed E-state index contributed by atoms with van der Waals surface area (Å²) >= 11 is 1.59. The van der Waals surface area contributed by atoms with Crippen LogP contribution in [0.25, 0.3) is 0 Å². The first kappa shape index (κ1) is 15.1. The third-order valence-electron chi connectivity index (χ3n) is 2.90. The second-order valence-electron chi connectivity index (χ2n) is 4.81. The first-order valence-corrected chi connectivity index (χ1v) is 8.52. The second kappa shape index (κ2) is 5.63. The maximum Gasteiger partial charge on any atom is 0.243 e. The van der Waals surface area contributed by atoms with E-state index in [1.807, 2.05) is 13.8 Å². The van der Waals surface area contributed by atoms with Gasteiger partial charge in [0.25, 0.3) is 0 Å². The van der Waals surface area contributed by atoms with Crippen LogP contribution >= 0.6 is 11.3 Å². The van der Waals surface area contributed by atoms with E-state index >= 15 is 0 Å². The summed E-state index contributed by atoms with van der Waals surface area (Å²) in [5, 5.41) is 4.99. The molecule has 0 saturated heterocycles. The van der Waals surface area contributed by atoms with Gasteiger partial charge in [0.2, 0.25) is 10.0 Å². The Labute approximate surface area is 122 Å². The van der Waals surface area contributed by atoms with Gasteiger partial charge in [-0.2, -0.15) is 5.10 Å². The molecule has 8 heteroatoms. The predicted octanol–water partition coefficient (Wildman–Crippen LogP) is 1.58. The van der Waals surface area contributed by atoms with Gasteiger partial charge in [-0.05, 0) is 13.8 Å². The summed E-state index contributed by atoms with van der Waals surface area (Å²) in [6.07, 6.45) is 3.31. The lowest BCUT2D eigenvalue weighted by molar-refractivity contribution is 0.574. The molecular formula is C12H18N4O2S2. The Balaban J connectivity index is 2.08. The van der Waals surface area contributed by atoms with E-state index in [1.165, 1.54) is 10.9 Å². The largest absolute Gasteiger partial charge is 0.274 e. The Kier molecular flexibility index (Phi) is 4.26. The van der Waals surface area contributed by atoms with Crippen molar-refractivity contribution in [2.75, 3.05) is 6.54 Å². The predicted molar refractivity (Wildman–Crippen MR) is 78.4 cm³/mol. The molecule has 0 aliphatic heterocycles. The van der Waals surface area contributed by atoms with Crippen LogP contribution in [0.15, 0.2) is 17.3 Å². The van der Waals surface area contributed by atoms with Gasteiger partial charge in [-0.1, -0.05) is 6.92 Å². The number of thiazole rings is 1. The molecule has 0 aromatic carbocycles. The number of nitrogens with one attached hydrogen (secondary N) is 1. The van der Waals surface area contributed by atoms with E-state index in [2.05, 4.69) is 14.8 Å². The Morgan fingerprint density at radius 3 is 2.65 bits per heavy atom. The molecule has 0 fully saturated rings. The lowest BCUT2D eigenvalue weighted by atomic mass is 10.2. The molecule has 0 spiro atoms. The maximum atomic E-state index is 12.2. The molecule has 0 bridgehead atoms. The molecule has 0 radical (unpaired) electrons. The van der Waals surface area contributed by atoms with Gasteiger partial charge in [-0.15, -0.1) is 11.3 Å². The van der Waals surface area contributed by atoms with Crippen molar-refractivity contribution in [1.29, 1.82) is 0 Å². The van der Waals surface area contributed by atoms with Crippen molar-refractivity contribution in [3.8, 4) is 0 Å². The smallest absolute Gasteiger partial charge is 0.243 e. The summed E-state index contributed by atoms with van der Waals surface area (Å²) in [6.45, 7) is 5.94. The van der Waals surface area contributed by atoms with Crippen LogP contribution in [0.1, 0.15) is 28.4 Å². The standard InChI is InChI=1S/C12H18N4O2S2/c1-8(12-13-6-9(2)19-12)5-14-20(17,18)11-7-16(4)15-10(11)3/h6-8,14H,5H2,1-4H3. The zero-order valence-electron chi connectivity index (χ0n) is 11.9. The number of nitrogens with zero attached hydrogens (tertiary/aromatic N) is 3. The molecule has 1 unspecified atom stereocenters. The molecule has 2 rings (SSSR count). The fourth-order valence-electron chi connectivity index (χ4n) is 1.84. The third-order valence-corrected chi connectivity index (χ3v) is 5.57. The van der Waals surface area contributed by atoms with Gasteiger partial charge in [-0.25, -0.2) is 18.1 Å². The monoisotopic (exact) mass is 314 g/mol. The summed E-state index contributed by atoms with van der Waals surface area (Å²) in [5.74, 6) is 0.0421. The van der Waals surface area contributed by atoms with Crippen LogP contribution in [0.4, 0.5) is 0 Å². The maximum absolute atomic E-state index is 12.2. The molecule has 6 nitrogen and oxygen atoms in total. The highest BCUT2D eigenvalue weighted by atomic mass is 32.2. The number of hydrogen-bond donors (Lipinski definition) is 1. The summed E-state index contributed by atoms with van der Waals surface area (Å²) in [4.78, 5) is 5.63. The molecule has 2 aromatic rings. The van der Waals surface area contributed by atoms with E-state index in [4.69, 9.17) is 0 Å². The number of hydrogen-bond acceptors (Lipinski definition) is 5. The molecule has 2 aromatic heterocycles. The van der Waals surface area contributed by atoms with E-state index < -0.39 is 10.0 Å². The average molecular weight is 314 g/mol. The normalized spacial score (nSPS) is 13.6. The quantitative estimate of drug-likeness (QED) is 0.909. The van der Waals surface area contributed by atoms with Crippen molar-refractivity contribution in [3.63, 3.8) is 0 Å². The van der Waals surface area contributed by atoms with Crippen molar-refractivity contribution in [3.05, 3.63) is 28.0 Å². The number of sulfonamides is 1. The van der Waals surface area contributed by atoms with Crippen molar-refractivity contribution >= 4 is 21.4 Å². The van der Waals surface area contributed by atoms with E-state index in [0.29, 0.717) is 12.2 Å². The Hall–Kier alpha value is -1.25. The molecule has 0 aliphatic carbocycles. The Bertz CT molecular complexity index is 703. The van der Waals surface area contributed by atoms with Crippen LogP contribution < -0.4 is 4.72 Å². The fraction of sp³-hybridized carbons (Fsp3) is 0.500. The SMILES string of the molecule is Cc1cnc(C(C)CNS(=O)(=O)c2cn(C)nc2C)s1. The third kappa shape index (κ3) is 3.25. The minimum absolute atomic E-state index is 0.0421. The van der Waals surface area contributed by atoms with Gasteiger partial charge in [0.1, 0.15) is 4.90 Å². The van der Waals surface area contributed by atoms with Gasteiger partial charge < -0.3 is 0 Å². The lowest BCUT2D eigenvalue weighted by Crippen LogP contribution is -2.28. The fourth-order valence-corrected chi connectivity index (χ4v) is 4.01. The summed E-state index contributed by atoms with van der Waals surface area (Å²) in [7, 11) is -1.82. The summed E-state index contributed by atoms with van der Waals surface area (Å²) < 4.78 is 28.6. The van der Waals surface area contributed by atoms with E-state index in [1.54, 1.807) is 31.5 Å². The highest BCUT2D eigenvalue weighted by Gasteiger charge is 2.21. The van der Waals surface area contributed by atoms with Gasteiger partial charge in [0.05, 0.1) is 10.7 Å². The zero-order valence-corrected chi connectivity index (χ0v) is 13.5. The van der Waals surface area contributed by atoms with Gasteiger partial charge in [0.15, 0.2) is 0 Å². The molecule has 20 heavy (non-hydrogen) atoms. The molecule has 0 amide bonds. The molecule has 1 atom stereocenters. The molecular weight excluding hydrogens is 296 g/mol. The van der Waals surface area contributed by atoms with Gasteiger partial charge in [0, 0.05) is 36.8 Å². The molecule has 110 valence electrons. The van der Waals surface area contributed by atoms with Crippen LogP contribution in [0, 0.1) is 13.8 Å². The molecule has 1 N–H and O–H groups in total. The summed E-state index contributed by atoms with van der Waals surface area (Å²) in [5.41, 5.74) is 0.498. The van der Waals surface area contributed by atoms with E-state index in [9.17, 15) is 8.42 Å². The van der Waals surface area contributed by atoms with Crippen molar-refractivity contribution in [2.24, 2.45) is 7.05 Å². The Morgan fingerprint density at radius 2 is 2.15 bits per heavy atom. The highest BCUT2D eigenvalue weighted by molar-refractivity contribution is 7.89. The van der Waals surface area contributed by atoms with Crippen LogP contribution in [0.5, 0.6) is 0 Å². The Morgan fingerprint density at radius 1 is 1.45 bits per heavy atom. The summed E-state index contributed by atoms with van der Waals surface area (Å²) in [6, 6.07) is 0. The number of aryl methyl sites for hydroxylation is 3. The van der Waals surface area contributed by atoms with E-state index in [0.717, 1.165) is 9.88 Å². The van der Waals surface area contributed by atoms with Crippen LogP contribution in [0.2, 0.25) is 0 Å². The first-order chi connectivity index (χ1) is 9.29. The minimum Gasteiger partial charge on any atom is -0.274 e. The van der Waals surface area contributed by atoms with Gasteiger partial charge >= 0.3 is 0 Å². The van der Waals surface area contributed by atoms with Crippen molar-refractivity contribution < 1.29 is 8.42 Å². The lowest BCUT2D eigenvalue weighted by Gasteiger charge is -2.10. The zero-order chi connectivity index (χ0) is 14.9. The molecule has 2 heterocycles. The van der Waals surface area contributed by atoms with Gasteiger partial charge in [-0.3, -0.25) is 4.68 Å². The van der Waals surface area contributed by atoms with Crippen LogP contribution in [0.3, 0.4) is 0 Å². The topological polar surface area (TPSA) is 76.9 Å². The number of aromatic nitrogens is 3. The van der Waals surface area contributed by atoms with Crippen molar-refractivity contribution in [1.82, 2.24) is 19.5 Å². The average Bonchev–Trinajstić information content (AvgIpc) is 2.93. The van der Waals surface area contributed by atoms with E-state index in [-0.39, 0.29) is 10.8 Å². The molecule has 0 saturated carbocycles. The van der Waals surface area contributed by atoms with Crippen molar-refractivity contribution in [2.45, 2.75) is 31.6 Å². The highest BCUT2D eigenvalue weighted by Crippen LogP contribution is 2.21.